The lowest BCUT2D eigenvalue weighted by Crippen LogP contribution is -2.02. The van der Waals surface area contributed by atoms with Crippen LogP contribution in [-0.4, -0.2) is 21.3 Å². The van der Waals surface area contributed by atoms with Crippen molar-refractivity contribution in [3.8, 4) is 23.0 Å². The fraction of sp³-hybridized carbons (Fsp3) is 0.0741. The molecule has 0 aromatic heterocycles. The number of ether oxygens (including phenoxy) is 1. The number of phenols is 2. The highest BCUT2D eigenvalue weighted by Crippen LogP contribution is 2.28. The van der Waals surface area contributed by atoms with Gasteiger partial charge in [-0.1, -0.05) is 42.5 Å². The molecule has 0 saturated heterocycles. The molecule has 0 aliphatic heterocycles. The molecular weight excluding hydrogens is 404 g/mol. The van der Waals surface area contributed by atoms with E-state index in [4.69, 9.17) is 4.74 Å². The van der Waals surface area contributed by atoms with Crippen LogP contribution in [-0.2, 0) is 12.8 Å². The van der Waals surface area contributed by atoms with Crippen molar-refractivity contribution in [2.45, 2.75) is 12.8 Å². The van der Waals surface area contributed by atoms with E-state index in [0.717, 1.165) is 22.3 Å². The van der Waals surface area contributed by atoms with E-state index < -0.39 is 5.97 Å². The number of hydrogen-bond donors (Lipinski definition) is 3. The summed E-state index contributed by atoms with van der Waals surface area (Å²) in [4.78, 5) is 11.8. The first-order chi connectivity index (χ1) is 15.5. The summed E-state index contributed by atoms with van der Waals surface area (Å²) in [5.41, 5.74) is 4.05. The Morgan fingerprint density at radius 2 is 1.06 bits per heavy atom. The predicted molar refractivity (Wildman–Crippen MR) is 122 cm³/mol. The average molecular weight is 426 g/mol. The minimum atomic E-state index is -1.06. The molecule has 0 aliphatic carbocycles. The molecule has 4 aromatic rings. The molecule has 32 heavy (non-hydrogen) atoms. The first-order valence-corrected chi connectivity index (χ1v) is 10.1. The van der Waals surface area contributed by atoms with Crippen LogP contribution in [0.3, 0.4) is 0 Å². The summed E-state index contributed by atoms with van der Waals surface area (Å²) in [7, 11) is 0. The number of benzene rings is 4. The Bertz CT molecular complexity index is 1210. The van der Waals surface area contributed by atoms with E-state index in [1.807, 2.05) is 42.5 Å². The fourth-order valence-corrected chi connectivity index (χ4v) is 3.44. The number of phenolic OH excluding ortho intramolecular Hbond substituents is 2. The summed E-state index contributed by atoms with van der Waals surface area (Å²) in [5, 5.41) is 28.5. The molecule has 3 N–H and O–H groups in total. The summed E-state index contributed by atoms with van der Waals surface area (Å²) in [6, 6.07) is 26.5. The number of hydrogen-bond acceptors (Lipinski definition) is 4. The lowest BCUT2D eigenvalue weighted by atomic mass is 10.0. The zero-order valence-corrected chi connectivity index (χ0v) is 17.2. The second-order valence-corrected chi connectivity index (χ2v) is 7.57. The Labute approximate surface area is 185 Å². The van der Waals surface area contributed by atoms with Crippen molar-refractivity contribution in [2.75, 3.05) is 0 Å². The molecule has 4 aromatic carbocycles. The molecule has 0 aliphatic rings. The Morgan fingerprint density at radius 3 is 1.56 bits per heavy atom. The second-order valence-electron chi connectivity index (χ2n) is 7.57. The molecular formula is C27H22O5. The maximum absolute atomic E-state index is 11.8. The van der Waals surface area contributed by atoms with Crippen LogP contribution in [0.25, 0.3) is 0 Å². The quantitative estimate of drug-likeness (QED) is 0.349. The lowest BCUT2D eigenvalue weighted by Gasteiger charge is -2.11. The number of carboxylic acids is 1. The summed E-state index contributed by atoms with van der Waals surface area (Å²) >= 11 is 0. The standard InChI is InChI=1S/C27H22O5/c28-22-8-1-18(2-9-22)15-20-5-12-24(13-6-20)32-26-14-7-21(17-25(26)27(30)31)16-19-3-10-23(29)11-4-19/h1-14,17,28-29H,15-16H2,(H,30,31). The maximum atomic E-state index is 11.8. The van der Waals surface area contributed by atoms with E-state index in [2.05, 4.69) is 0 Å². The largest absolute Gasteiger partial charge is 0.508 e. The summed E-state index contributed by atoms with van der Waals surface area (Å²) in [5.74, 6) is 0.196. The van der Waals surface area contributed by atoms with Gasteiger partial charge in [0.1, 0.15) is 28.6 Å². The zero-order chi connectivity index (χ0) is 22.5. The van der Waals surface area contributed by atoms with E-state index in [1.165, 1.54) is 0 Å². The van der Waals surface area contributed by atoms with E-state index in [-0.39, 0.29) is 22.8 Å². The van der Waals surface area contributed by atoms with E-state index in [0.29, 0.717) is 18.6 Å². The van der Waals surface area contributed by atoms with Gasteiger partial charge >= 0.3 is 5.97 Å². The third kappa shape index (κ3) is 5.26. The van der Waals surface area contributed by atoms with Gasteiger partial charge in [0.25, 0.3) is 0 Å². The SMILES string of the molecule is O=C(O)c1cc(Cc2ccc(O)cc2)ccc1Oc1ccc(Cc2ccc(O)cc2)cc1. The monoisotopic (exact) mass is 426 g/mol. The van der Waals surface area contributed by atoms with Crippen molar-refractivity contribution in [1.29, 1.82) is 0 Å². The molecule has 0 radical (unpaired) electrons. The summed E-state index contributed by atoms with van der Waals surface area (Å²) < 4.78 is 5.87. The highest BCUT2D eigenvalue weighted by molar-refractivity contribution is 5.91. The van der Waals surface area contributed by atoms with Crippen molar-refractivity contribution < 1.29 is 24.9 Å². The second kappa shape index (κ2) is 9.27. The number of aromatic carboxylic acids is 1. The third-order valence-corrected chi connectivity index (χ3v) is 5.11. The van der Waals surface area contributed by atoms with E-state index in [1.54, 1.807) is 48.5 Å². The topological polar surface area (TPSA) is 87.0 Å². The molecule has 0 bridgehead atoms. The van der Waals surface area contributed by atoms with Crippen LogP contribution in [0, 0.1) is 0 Å². The minimum Gasteiger partial charge on any atom is -0.508 e. The highest BCUT2D eigenvalue weighted by atomic mass is 16.5. The Kier molecular flexibility index (Phi) is 6.08. The lowest BCUT2D eigenvalue weighted by molar-refractivity contribution is 0.0694. The van der Waals surface area contributed by atoms with Gasteiger partial charge in [0.15, 0.2) is 0 Å². The van der Waals surface area contributed by atoms with Gasteiger partial charge in [0.2, 0.25) is 0 Å². The molecule has 0 unspecified atom stereocenters. The molecule has 0 spiro atoms. The third-order valence-electron chi connectivity index (χ3n) is 5.11. The Morgan fingerprint density at radius 1 is 0.625 bits per heavy atom. The van der Waals surface area contributed by atoms with Gasteiger partial charge in [-0.25, -0.2) is 4.79 Å². The van der Waals surface area contributed by atoms with E-state index >= 15 is 0 Å². The van der Waals surface area contributed by atoms with Crippen molar-refractivity contribution in [1.82, 2.24) is 0 Å². The smallest absolute Gasteiger partial charge is 0.339 e. The van der Waals surface area contributed by atoms with Crippen LogP contribution in [0.2, 0.25) is 0 Å². The molecule has 5 nitrogen and oxygen atoms in total. The highest BCUT2D eigenvalue weighted by Gasteiger charge is 2.14. The number of carbonyl (C=O) groups is 1. The average Bonchev–Trinajstić information content (AvgIpc) is 2.79. The van der Waals surface area contributed by atoms with Gasteiger partial charge in [0.05, 0.1) is 0 Å². The molecule has 0 amide bonds. The van der Waals surface area contributed by atoms with Gasteiger partial charge in [-0.3, -0.25) is 0 Å². The minimum absolute atomic E-state index is 0.0921. The first-order valence-electron chi connectivity index (χ1n) is 10.1. The number of aromatic hydroxyl groups is 2. The summed E-state index contributed by atoms with van der Waals surface area (Å²) in [6.45, 7) is 0. The van der Waals surface area contributed by atoms with Gasteiger partial charge in [-0.05, 0) is 83.6 Å². The van der Waals surface area contributed by atoms with Crippen LogP contribution in [0.15, 0.2) is 91.0 Å². The number of carboxylic acid groups (broad SMARTS) is 1. The molecule has 5 heteroatoms. The van der Waals surface area contributed by atoms with Crippen LogP contribution < -0.4 is 4.74 Å². The van der Waals surface area contributed by atoms with Crippen molar-refractivity contribution in [3.05, 3.63) is 119 Å². The Balaban J connectivity index is 1.48. The van der Waals surface area contributed by atoms with Gasteiger partial charge in [-0.15, -0.1) is 0 Å². The predicted octanol–water partition coefficient (Wildman–Crippen LogP) is 5.77. The molecule has 0 saturated carbocycles. The van der Waals surface area contributed by atoms with Crippen molar-refractivity contribution >= 4 is 5.97 Å². The molecule has 0 heterocycles. The van der Waals surface area contributed by atoms with Crippen LogP contribution in [0.1, 0.15) is 32.6 Å². The molecule has 4 rings (SSSR count). The van der Waals surface area contributed by atoms with Crippen molar-refractivity contribution in [2.24, 2.45) is 0 Å². The van der Waals surface area contributed by atoms with Gasteiger partial charge in [0, 0.05) is 0 Å². The van der Waals surface area contributed by atoms with Gasteiger partial charge in [-0.2, -0.15) is 0 Å². The molecule has 160 valence electrons. The molecule has 0 fully saturated rings. The van der Waals surface area contributed by atoms with E-state index in [9.17, 15) is 20.1 Å². The van der Waals surface area contributed by atoms with Gasteiger partial charge < -0.3 is 20.1 Å². The van der Waals surface area contributed by atoms with Crippen molar-refractivity contribution in [3.63, 3.8) is 0 Å². The maximum Gasteiger partial charge on any atom is 0.339 e. The molecule has 0 atom stereocenters. The Hall–Kier alpha value is -4.25. The fourth-order valence-electron chi connectivity index (χ4n) is 3.44. The number of rotatable bonds is 7. The van der Waals surface area contributed by atoms with Crippen LogP contribution in [0.4, 0.5) is 0 Å². The van der Waals surface area contributed by atoms with Crippen LogP contribution >= 0.6 is 0 Å². The zero-order valence-electron chi connectivity index (χ0n) is 17.2. The normalized spacial score (nSPS) is 10.6. The first kappa shape index (κ1) is 21.0. The summed E-state index contributed by atoms with van der Waals surface area (Å²) in [6.07, 6.45) is 1.26. The van der Waals surface area contributed by atoms with Crippen LogP contribution in [0.5, 0.6) is 23.0 Å².